The number of hydrogen-bond donors (Lipinski definition) is 0. The first-order chi connectivity index (χ1) is 9.34. The van der Waals surface area contributed by atoms with Crippen LogP contribution in [0.5, 0.6) is 0 Å². The minimum Gasteiger partial charge on any atom is -0.299 e. The van der Waals surface area contributed by atoms with Crippen molar-refractivity contribution in [2.75, 3.05) is 0 Å². The molecule has 1 heteroatoms. The Bertz CT molecular complexity index is 290. The van der Waals surface area contributed by atoms with Crippen LogP contribution < -0.4 is 0 Å². The van der Waals surface area contributed by atoms with Crippen LogP contribution in [0.1, 0.15) is 89.9 Å². The van der Waals surface area contributed by atoms with Crippen molar-refractivity contribution in [1.82, 2.24) is 0 Å². The molecule has 0 radical (unpaired) electrons. The van der Waals surface area contributed by atoms with Crippen LogP contribution in [0.25, 0.3) is 0 Å². The molecule has 1 nitrogen and oxygen atoms in total. The van der Waals surface area contributed by atoms with E-state index in [0.717, 1.165) is 18.3 Å². The van der Waals surface area contributed by atoms with Gasteiger partial charge >= 0.3 is 0 Å². The van der Waals surface area contributed by atoms with Crippen molar-refractivity contribution < 1.29 is 4.79 Å². The van der Waals surface area contributed by atoms with Crippen molar-refractivity contribution in [2.45, 2.75) is 89.9 Å². The molecule has 0 aliphatic heterocycles. The molecule has 0 saturated heterocycles. The second-order valence-corrected chi connectivity index (χ2v) is 7.34. The normalized spacial score (nSPS) is 30.4. The van der Waals surface area contributed by atoms with E-state index < -0.39 is 0 Å². The third-order valence-electron chi connectivity index (χ3n) is 6.43. The second-order valence-electron chi connectivity index (χ2n) is 7.34. The lowest BCUT2D eigenvalue weighted by Gasteiger charge is -2.50. The number of hydrogen-bond acceptors (Lipinski definition) is 1. The smallest absolute Gasteiger partial charge is 0.139 e. The van der Waals surface area contributed by atoms with Crippen molar-refractivity contribution in [2.24, 2.45) is 17.3 Å². The van der Waals surface area contributed by atoms with Gasteiger partial charge in [-0.2, -0.15) is 0 Å². The van der Waals surface area contributed by atoms with E-state index in [9.17, 15) is 4.79 Å². The van der Waals surface area contributed by atoms with Gasteiger partial charge in [0.05, 0.1) is 0 Å². The Balaban J connectivity index is 1.86. The van der Waals surface area contributed by atoms with Crippen LogP contribution in [-0.2, 0) is 4.79 Å². The lowest BCUT2D eigenvalue weighted by Crippen LogP contribution is -2.48. The molecule has 0 N–H and O–H groups in total. The molecule has 0 aromatic carbocycles. The molecule has 0 aromatic heterocycles. The number of carbonyl (C=O) groups excluding carboxylic acids is 1. The first kappa shape index (κ1) is 13.6. The summed E-state index contributed by atoms with van der Waals surface area (Å²) in [6.07, 6.45) is 18.4. The third kappa shape index (κ3) is 2.50. The van der Waals surface area contributed by atoms with Crippen molar-refractivity contribution in [1.29, 1.82) is 0 Å². The van der Waals surface area contributed by atoms with Crippen molar-refractivity contribution >= 4 is 5.78 Å². The second kappa shape index (κ2) is 5.97. The maximum Gasteiger partial charge on any atom is 0.139 e. The Labute approximate surface area is 118 Å². The van der Waals surface area contributed by atoms with E-state index >= 15 is 0 Å². The summed E-state index contributed by atoms with van der Waals surface area (Å²) in [5, 5.41) is 0. The maximum atomic E-state index is 12.9. The molecule has 3 rings (SSSR count). The van der Waals surface area contributed by atoms with E-state index in [1.165, 1.54) is 83.5 Å². The van der Waals surface area contributed by atoms with Gasteiger partial charge in [0.1, 0.15) is 5.78 Å². The van der Waals surface area contributed by atoms with Gasteiger partial charge in [-0.05, 0) is 50.4 Å². The van der Waals surface area contributed by atoms with Crippen LogP contribution >= 0.6 is 0 Å². The standard InChI is InChI=1S/C18H30O/c19-17-13-7-8-14-18(17,15-9-3-1-4-10-15)16-11-5-2-6-12-16/h15-16H,1-14H2. The number of Topliss-reactive ketones (excluding diaryl/α,β-unsaturated/α-hetero) is 1. The monoisotopic (exact) mass is 262 g/mol. The minimum atomic E-state index is 0.138. The first-order valence-corrected chi connectivity index (χ1v) is 8.87. The Morgan fingerprint density at radius 3 is 1.68 bits per heavy atom. The van der Waals surface area contributed by atoms with Gasteiger partial charge in [-0.15, -0.1) is 0 Å². The summed E-state index contributed by atoms with van der Waals surface area (Å²) in [5.74, 6) is 2.17. The summed E-state index contributed by atoms with van der Waals surface area (Å²) in [4.78, 5) is 12.9. The van der Waals surface area contributed by atoms with Crippen molar-refractivity contribution in [3.8, 4) is 0 Å². The van der Waals surface area contributed by atoms with Crippen LogP contribution in [0, 0.1) is 17.3 Å². The van der Waals surface area contributed by atoms with E-state index in [1.54, 1.807) is 0 Å². The average molecular weight is 262 g/mol. The highest BCUT2D eigenvalue weighted by Gasteiger charge is 2.50. The quantitative estimate of drug-likeness (QED) is 0.662. The number of carbonyl (C=O) groups is 1. The summed E-state index contributed by atoms with van der Waals surface area (Å²) in [6, 6.07) is 0. The zero-order chi connectivity index (χ0) is 13.1. The summed E-state index contributed by atoms with van der Waals surface area (Å²) in [6.45, 7) is 0. The first-order valence-electron chi connectivity index (χ1n) is 8.87. The van der Waals surface area contributed by atoms with Crippen molar-refractivity contribution in [3.63, 3.8) is 0 Å². The van der Waals surface area contributed by atoms with Gasteiger partial charge in [-0.1, -0.05) is 44.9 Å². The van der Waals surface area contributed by atoms with Crippen LogP contribution in [-0.4, -0.2) is 5.78 Å². The number of ketones is 1. The lowest BCUT2D eigenvalue weighted by molar-refractivity contribution is -0.143. The van der Waals surface area contributed by atoms with Crippen LogP contribution in [0.3, 0.4) is 0 Å². The highest BCUT2D eigenvalue weighted by Crippen LogP contribution is 2.54. The van der Waals surface area contributed by atoms with Crippen molar-refractivity contribution in [3.05, 3.63) is 0 Å². The minimum absolute atomic E-state index is 0.138. The van der Waals surface area contributed by atoms with Gasteiger partial charge in [0, 0.05) is 11.8 Å². The summed E-state index contributed by atoms with van der Waals surface area (Å²) >= 11 is 0. The molecule has 0 heterocycles. The van der Waals surface area contributed by atoms with Crippen LogP contribution in [0.4, 0.5) is 0 Å². The Morgan fingerprint density at radius 2 is 1.21 bits per heavy atom. The molecule has 0 spiro atoms. The molecule has 19 heavy (non-hydrogen) atoms. The van der Waals surface area contributed by atoms with Gasteiger partial charge in [-0.3, -0.25) is 4.79 Å². The van der Waals surface area contributed by atoms with Crippen LogP contribution in [0.15, 0.2) is 0 Å². The Hall–Kier alpha value is -0.330. The highest BCUT2D eigenvalue weighted by molar-refractivity contribution is 5.86. The van der Waals surface area contributed by atoms with Gasteiger partial charge in [-0.25, -0.2) is 0 Å². The molecule has 3 saturated carbocycles. The Morgan fingerprint density at radius 1 is 0.684 bits per heavy atom. The number of rotatable bonds is 2. The molecule has 0 unspecified atom stereocenters. The van der Waals surface area contributed by atoms with E-state index in [0.29, 0.717) is 5.78 Å². The van der Waals surface area contributed by atoms with Gasteiger partial charge in [0.15, 0.2) is 0 Å². The van der Waals surface area contributed by atoms with E-state index in [4.69, 9.17) is 0 Å². The molecule has 108 valence electrons. The molecule has 0 bridgehead atoms. The van der Waals surface area contributed by atoms with Gasteiger partial charge in [0.25, 0.3) is 0 Å². The fourth-order valence-electron chi connectivity index (χ4n) is 5.51. The fraction of sp³-hybridized carbons (Fsp3) is 0.944. The largest absolute Gasteiger partial charge is 0.299 e. The summed E-state index contributed by atoms with van der Waals surface area (Å²) in [7, 11) is 0. The molecule has 0 atom stereocenters. The Kier molecular flexibility index (Phi) is 4.29. The molecule has 3 aliphatic rings. The summed E-state index contributed by atoms with van der Waals surface area (Å²) < 4.78 is 0. The van der Waals surface area contributed by atoms with Gasteiger partial charge in [0.2, 0.25) is 0 Å². The van der Waals surface area contributed by atoms with Gasteiger partial charge < -0.3 is 0 Å². The molecule has 0 aromatic rings. The maximum absolute atomic E-state index is 12.9. The lowest BCUT2D eigenvalue weighted by atomic mass is 9.53. The highest BCUT2D eigenvalue weighted by atomic mass is 16.1. The van der Waals surface area contributed by atoms with E-state index in [1.807, 2.05) is 0 Å². The fourth-order valence-corrected chi connectivity index (χ4v) is 5.51. The van der Waals surface area contributed by atoms with E-state index in [-0.39, 0.29) is 5.41 Å². The molecule has 0 amide bonds. The van der Waals surface area contributed by atoms with Crippen LogP contribution in [0.2, 0.25) is 0 Å². The molecule has 3 aliphatic carbocycles. The SMILES string of the molecule is O=C1CCCCC1(C1CCCCC1)C1CCCCC1. The zero-order valence-electron chi connectivity index (χ0n) is 12.5. The van der Waals surface area contributed by atoms with E-state index in [2.05, 4.69) is 0 Å². The summed E-state index contributed by atoms with van der Waals surface area (Å²) in [5.41, 5.74) is 0.138. The predicted molar refractivity (Wildman–Crippen MR) is 79.1 cm³/mol. The molecular formula is C18H30O. The molecule has 3 fully saturated rings. The predicted octanol–water partition coefficient (Wildman–Crippen LogP) is 5.28. The average Bonchev–Trinajstić information content (AvgIpc) is 2.50. The molecular weight excluding hydrogens is 232 g/mol. The topological polar surface area (TPSA) is 17.1 Å². The zero-order valence-corrected chi connectivity index (χ0v) is 12.5. The third-order valence-corrected chi connectivity index (χ3v) is 6.43.